The molecule has 0 aliphatic heterocycles. The van der Waals surface area contributed by atoms with Crippen LogP contribution >= 0.6 is 0 Å². The van der Waals surface area contributed by atoms with Gasteiger partial charge in [-0.15, -0.1) is 0 Å². The molecule has 0 heterocycles. The molecule has 1 atom stereocenters. The highest BCUT2D eigenvalue weighted by molar-refractivity contribution is 5.39. The molecule has 0 saturated heterocycles. The average Bonchev–Trinajstić information content (AvgIpc) is 2.61. The lowest BCUT2D eigenvalue weighted by atomic mass is 9.96. The molecule has 0 radical (unpaired) electrons. The number of aliphatic hydroxyl groups is 1. The van der Waals surface area contributed by atoms with Gasteiger partial charge in [-0.3, -0.25) is 0 Å². The Morgan fingerprint density at radius 1 is 0.875 bits per heavy atom. The van der Waals surface area contributed by atoms with E-state index in [0.717, 1.165) is 28.0 Å². The predicted octanol–water partition coefficient (Wildman–Crippen LogP) is 4.96. The SMILES string of the molecule is Cc1ccc(C(O)c2ccc(OCc3ccccc3)cc2)c(C)c1. The van der Waals surface area contributed by atoms with Gasteiger partial charge in [-0.2, -0.15) is 0 Å². The van der Waals surface area contributed by atoms with E-state index in [4.69, 9.17) is 4.74 Å². The number of aryl methyl sites for hydroxylation is 2. The zero-order valence-corrected chi connectivity index (χ0v) is 14.1. The van der Waals surface area contributed by atoms with E-state index in [1.165, 1.54) is 5.56 Å². The van der Waals surface area contributed by atoms with Gasteiger partial charge in [0.1, 0.15) is 18.5 Å². The Kier molecular flexibility index (Phi) is 4.97. The highest BCUT2D eigenvalue weighted by Crippen LogP contribution is 2.27. The number of benzene rings is 3. The molecule has 3 rings (SSSR count). The number of aliphatic hydroxyl groups excluding tert-OH is 1. The van der Waals surface area contributed by atoms with E-state index in [1.807, 2.05) is 73.7 Å². The van der Waals surface area contributed by atoms with E-state index in [-0.39, 0.29) is 0 Å². The van der Waals surface area contributed by atoms with Gasteiger partial charge >= 0.3 is 0 Å². The van der Waals surface area contributed by atoms with Crippen LogP contribution in [-0.2, 0) is 6.61 Å². The largest absolute Gasteiger partial charge is 0.489 e. The summed E-state index contributed by atoms with van der Waals surface area (Å²) < 4.78 is 5.79. The molecule has 0 aromatic heterocycles. The molecule has 1 N–H and O–H groups in total. The minimum absolute atomic E-state index is 0.541. The maximum Gasteiger partial charge on any atom is 0.119 e. The minimum Gasteiger partial charge on any atom is -0.489 e. The van der Waals surface area contributed by atoms with Crippen LogP contribution in [0, 0.1) is 13.8 Å². The molecule has 2 nitrogen and oxygen atoms in total. The molecule has 3 aromatic rings. The first-order valence-corrected chi connectivity index (χ1v) is 8.15. The normalized spacial score (nSPS) is 12.0. The van der Waals surface area contributed by atoms with Gasteiger partial charge < -0.3 is 9.84 Å². The van der Waals surface area contributed by atoms with Gasteiger partial charge in [-0.1, -0.05) is 66.2 Å². The van der Waals surface area contributed by atoms with E-state index in [1.54, 1.807) is 0 Å². The fourth-order valence-electron chi connectivity index (χ4n) is 2.80. The summed E-state index contributed by atoms with van der Waals surface area (Å²) in [5.41, 5.74) is 5.25. The van der Waals surface area contributed by atoms with Crippen molar-refractivity contribution >= 4 is 0 Å². The molecular weight excluding hydrogens is 296 g/mol. The summed E-state index contributed by atoms with van der Waals surface area (Å²) in [4.78, 5) is 0. The van der Waals surface area contributed by atoms with Crippen LogP contribution in [0.3, 0.4) is 0 Å². The Bertz CT molecular complexity index is 792. The second-order valence-corrected chi connectivity index (χ2v) is 6.11. The Morgan fingerprint density at radius 3 is 2.25 bits per heavy atom. The number of hydrogen-bond donors (Lipinski definition) is 1. The van der Waals surface area contributed by atoms with Crippen molar-refractivity contribution in [3.05, 3.63) is 101 Å². The highest BCUT2D eigenvalue weighted by atomic mass is 16.5. The van der Waals surface area contributed by atoms with Gasteiger partial charge in [0.05, 0.1) is 0 Å². The number of hydrogen-bond acceptors (Lipinski definition) is 2. The van der Waals surface area contributed by atoms with Gasteiger partial charge in [0.25, 0.3) is 0 Å². The summed E-state index contributed by atoms with van der Waals surface area (Å²) in [5.74, 6) is 0.801. The van der Waals surface area contributed by atoms with Crippen molar-refractivity contribution in [2.24, 2.45) is 0 Å². The third-order valence-electron chi connectivity index (χ3n) is 4.16. The smallest absolute Gasteiger partial charge is 0.119 e. The van der Waals surface area contributed by atoms with E-state index in [9.17, 15) is 5.11 Å². The van der Waals surface area contributed by atoms with Crippen LogP contribution in [0.5, 0.6) is 5.75 Å². The molecule has 0 saturated carbocycles. The lowest BCUT2D eigenvalue weighted by Gasteiger charge is -2.15. The van der Waals surface area contributed by atoms with E-state index in [2.05, 4.69) is 13.0 Å². The fraction of sp³-hybridized carbons (Fsp3) is 0.182. The second-order valence-electron chi connectivity index (χ2n) is 6.11. The van der Waals surface area contributed by atoms with Crippen molar-refractivity contribution in [3.8, 4) is 5.75 Å². The molecule has 3 aromatic carbocycles. The molecule has 1 unspecified atom stereocenters. The van der Waals surface area contributed by atoms with Gasteiger partial charge in [0, 0.05) is 0 Å². The summed E-state index contributed by atoms with van der Waals surface area (Å²) >= 11 is 0. The van der Waals surface area contributed by atoms with E-state index >= 15 is 0 Å². The van der Waals surface area contributed by atoms with E-state index in [0.29, 0.717) is 6.61 Å². The third-order valence-corrected chi connectivity index (χ3v) is 4.16. The van der Waals surface area contributed by atoms with Crippen molar-refractivity contribution in [1.82, 2.24) is 0 Å². The summed E-state index contributed by atoms with van der Waals surface area (Å²) in [5, 5.41) is 10.6. The lowest BCUT2D eigenvalue weighted by Crippen LogP contribution is -2.02. The standard InChI is InChI=1S/C22H22O2/c1-16-8-13-21(17(2)14-16)22(23)19-9-11-20(12-10-19)24-15-18-6-4-3-5-7-18/h3-14,22-23H,15H2,1-2H3. The number of ether oxygens (including phenoxy) is 1. The van der Waals surface area contributed by atoms with Crippen LogP contribution in [0.1, 0.15) is 33.9 Å². The first kappa shape index (κ1) is 16.3. The molecule has 2 heteroatoms. The Hall–Kier alpha value is -2.58. The Balaban J connectivity index is 1.69. The van der Waals surface area contributed by atoms with Crippen molar-refractivity contribution < 1.29 is 9.84 Å². The van der Waals surface area contributed by atoms with Crippen molar-refractivity contribution in [1.29, 1.82) is 0 Å². The lowest BCUT2D eigenvalue weighted by molar-refractivity contribution is 0.219. The maximum absolute atomic E-state index is 10.6. The molecule has 0 amide bonds. The molecule has 0 bridgehead atoms. The monoisotopic (exact) mass is 318 g/mol. The van der Waals surface area contributed by atoms with Gasteiger partial charge in [0.2, 0.25) is 0 Å². The summed E-state index contributed by atoms with van der Waals surface area (Å²) in [6, 6.07) is 23.9. The zero-order chi connectivity index (χ0) is 16.9. The Morgan fingerprint density at radius 2 is 1.58 bits per heavy atom. The number of rotatable bonds is 5. The second kappa shape index (κ2) is 7.33. The summed E-state index contributed by atoms with van der Waals surface area (Å²) in [7, 11) is 0. The van der Waals surface area contributed by atoms with Crippen LogP contribution in [0.25, 0.3) is 0 Å². The quantitative estimate of drug-likeness (QED) is 0.720. The summed E-state index contributed by atoms with van der Waals surface area (Å²) in [6.07, 6.45) is -0.617. The zero-order valence-electron chi connectivity index (χ0n) is 14.1. The highest BCUT2D eigenvalue weighted by Gasteiger charge is 2.13. The van der Waals surface area contributed by atoms with E-state index < -0.39 is 6.10 Å². The minimum atomic E-state index is -0.617. The average molecular weight is 318 g/mol. The molecule has 24 heavy (non-hydrogen) atoms. The van der Waals surface area contributed by atoms with Gasteiger partial charge in [-0.25, -0.2) is 0 Å². The van der Waals surface area contributed by atoms with Gasteiger partial charge in [0.15, 0.2) is 0 Å². The van der Waals surface area contributed by atoms with Crippen LogP contribution in [0.15, 0.2) is 72.8 Å². The molecule has 0 fully saturated rings. The summed E-state index contributed by atoms with van der Waals surface area (Å²) in [6.45, 7) is 4.63. The molecule has 0 aliphatic rings. The van der Waals surface area contributed by atoms with Crippen molar-refractivity contribution in [2.75, 3.05) is 0 Å². The Labute approximate surface area is 143 Å². The van der Waals surface area contributed by atoms with Gasteiger partial charge in [-0.05, 0) is 48.2 Å². The first-order valence-electron chi connectivity index (χ1n) is 8.15. The van der Waals surface area contributed by atoms with Crippen molar-refractivity contribution in [3.63, 3.8) is 0 Å². The maximum atomic E-state index is 10.6. The predicted molar refractivity (Wildman–Crippen MR) is 97.2 cm³/mol. The molecule has 122 valence electrons. The van der Waals surface area contributed by atoms with Crippen LogP contribution in [0.2, 0.25) is 0 Å². The first-order chi connectivity index (χ1) is 11.6. The van der Waals surface area contributed by atoms with Crippen LogP contribution in [-0.4, -0.2) is 5.11 Å². The fourth-order valence-corrected chi connectivity index (χ4v) is 2.80. The molecule has 0 aliphatic carbocycles. The van der Waals surface area contributed by atoms with Crippen LogP contribution in [0.4, 0.5) is 0 Å². The topological polar surface area (TPSA) is 29.5 Å². The molecule has 0 spiro atoms. The van der Waals surface area contributed by atoms with Crippen molar-refractivity contribution in [2.45, 2.75) is 26.6 Å². The third kappa shape index (κ3) is 3.84. The molecular formula is C22H22O2. The van der Waals surface area contributed by atoms with Crippen LogP contribution < -0.4 is 4.74 Å².